The van der Waals surface area contributed by atoms with Gasteiger partial charge in [-0.1, -0.05) is 6.07 Å². The molecule has 0 unspecified atom stereocenters. The predicted octanol–water partition coefficient (Wildman–Crippen LogP) is 2.18. The standard InChI is InChI=1S/C19H32N4O3.HI/c1-5-20-18(21-13-15-6-7-17(25-4)16(24)12-15)22-14-19(2,3)23-8-10-26-11-9-23;/h6-7,12,24H,5,8-11,13-14H2,1-4H3,(H2,20,21,22);1H. The molecule has 0 aliphatic carbocycles. The largest absolute Gasteiger partial charge is 0.504 e. The van der Waals surface area contributed by atoms with Crippen LogP contribution in [0.15, 0.2) is 23.2 Å². The Morgan fingerprint density at radius 2 is 2.00 bits per heavy atom. The molecule has 0 bridgehead atoms. The number of rotatable bonds is 7. The van der Waals surface area contributed by atoms with E-state index in [1.807, 2.05) is 13.0 Å². The molecule has 0 atom stereocenters. The highest BCUT2D eigenvalue weighted by Crippen LogP contribution is 2.26. The maximum Gasteiger partial charge on any atom is 0.191 e. The van der Waals surface area contributed by atoms with Crippen molar-refractivity contribution in [1.82, 2.24) is 15.5 Å². The van der Waals surface area contributed by atoms with E-state index < -0.39 is 0 Å². The van der Waals surface area contributed by atoms with Crippen LogP contribution in [-0.2, 0) is 11.3 Å². The van der Waals surface area contributed by atoms with Crippen molar-refractivity contribution < 1.29 is 14.6 Å². The van der Waals surface area contributed by atoms with Crippen molar-refractivity contribution >= 4 is 29.9 Å². The van der Waals surface area contributed by atoms with Crippen LogP contribution in [-0.4, -0.2) is 68.0 Å². The fourth-order valence-corrected chi connectivity index (χ4v) is 2.93. The van der Waals surface area contributed by atoms with Gasteiger partial charge in [0.25, 0.3) is 0 Å². The van der Waals surface area contributed by atoms with E-state index in [-0.39, 0.29) is 35.3 Å². The minimum Gasteiger partial charge on any atom is -0.504 e. The molecule has 1 aliphatic heterocycles. The van der Waals surface area contributed by atoms with Crippen LogP contribution in [0.1, 0.15) is 26.3 Å². The third-order valence-corrected chi connectivity index (χ3v) is 4.56. The van der Waals surface area contributed by atoms with Crippen molar-refractivity contribution in [3.8, 4) is 11.5 Å². The molecule has 27 heavy (non-hydrogen) atoms. The first kappa shape index (κ1) is 23.8. The lowest BCUT2D eigenvalue weighted by molar-refractivity contribution is -0.00834. The Bertz CT molecular complexity index is 605. The zero-order valence-corrected chi connectivity index (χ0v) is 19.1. The van der Waals surface area contributed by atoms with Crippen LogP contribution < -0.4 is 15.4 Å². The Balaban J connectivity index is 0.00000364. The molecule has 2 rings (SSSR count). The van der Waals surface area contributed by atoms with Gasteiger partial charge in [0.15, 0.2) is 17.5 Å². The van der Waals surface area contributed by atoms with Gasteiger partial charge in [0, 0.05) is 31.7 Å². The number of hydrogen-bond donors (Lipinski definition) is 3. The van der Waals surface area contributed by atoms with Crippen LogP contribution in [0.3, 0.4) is 0 Å². The molecule has 8 heteroatoms. The number of ether oxygens (including phenoxy) is 2. The molecule has 1 heterocycles. The molecule has 1 fully saturated rings. The summed E-state index contributed by atoms with van der Waals surface area (Å²) in [5.74, 6) is 1.37. The van der Waals surface area contributed by atoms with Crippen LogP contribution in [0, 0.1) is 0 Å². The SMILES string of the molecule is CCNC(=NCc1ccc(OC)c(O)c1)NCC(C)(C)N1CCOCC1.I. The van der Waals surface area contributed by atoms with Crippen molar-refractivity contribution in [3.63, 3.8) is 0 Å². The zero-order chi connectivity index (χ0) is 19.0. The number of halogens is 1. The normalized spacial score (nSPS) is 15.8. The molecule has 0 saturated carbocycles. The molecule has 3 N–H and O–H groups in total. The topological polar surface area (TPSA) is 78.4 Å². The number of guanidine groups is 1. The third kappa shape index (κ3) is 7.34. The van der Waals surface area contributed by atoms with Crippen molar-refractivity contribution in [1.29, 1.82) is 0 Å². The third-order valence-electron chi connectivity index (χ3n) is 4.56. The van der Waals surface area contributed by atoms with Crippen LogP contribution in [0.25, 0.3) is 0 Å². The molecule has 1 saturated heterocycles. The van der Waals surface area contributed by atoms with Crippen LogP contribution in [0.4, 0.5) is 0 Å². The molecule has 0 aromatic heterocycles. The summed E-state index contributed by atoms with van der Waals surface area (Å²) < 4.78 is 10.5. The Hall–Kier alpha value is -1.26. The maximum atomic E-state index is 9.89. The average Bonchev–Trinajstić information content (AvgIpc) is 2.65. The van der Waals surface area contributed by atoms with Crippen molar-refractivity contribution in [3.05, 3.63) is 23.8 Å². The highest BCUT2D eigenvalue weighted by Gasteiger charge is 2.28. The first-order valence-corrected chi connectivity index (χ1v) is 9.17. The quantitative estimate of drug-likeness (QED) is 0.308. The minimum absolute atomic E-state index is 0. The summed E-state index contributed by atoms with van der Waals surface area (Å²) in [7, 11) is 1.54. The molecule has 0 spiro atoms. The summed E-state index contributed by atoms with van der Waals surface area (Å²) >= 11 is 0. The Morgan fingerprint density at radius 3 is 2.59 bits per heavy atom. The van der Waals surface area contributed by atoms with Gasteiger partial charge >= 0.3 is 0 Å². The van der Waals surface area contributed by atoms with Crippen molar-refractivity contribution in [2.24, 2.45) is 4.99 Å². The predicted molar refractivity (Wildman–Crippen MR) is 119 cm³/mol. The lowest BCUT2D eigenvalue weighted by Gasteiger charge is -2.41. The van der Waals surface area contributed by atoms with E-state index in [4.69, 9.17) is 9.47 Å². The number of phenols is 1. The molecule has 0 radical (unpaired) electrons. The number of methoxy groups -OCH3 is 1. The summed E-state index contributed by atoms with van der Waals surface area (Å²) in [4.78, 5) is 7.07. The van der Waals surface area contributed by atoms with Crippen molar-refractivity contribution in [2.75, 3.05) is 46.5 Å². The Morgan fingerprint density at radius 1 is 1.30 bits per heavy atom. The van der Waals surface area contributed by atoms with Gasteiger partial charge in [-0.3, -0.25) is 4.90 Å². The molecular weight excluding hydrogens is 459 g/mol. The number of phenolic OH excluding ortho intramolecular Hbond substituents is 1. The first-order chi connectivity index (χ1) is 12.5. The summed E-state index contributed by atoms with van der Waals surface area (Å²) in [6.45, 7) is 12.0. The Kier molecular flexibility index (Phi) is 10.2. The van der Waals surface area contributed by atoms with E-state index >= 15 is 0 Å². The van der Waals surface area contributed by atoms with Gasteiger partial charge in [0.2, 0.25) is 0 Å². The van der Waals surface area contributed by atoms with E-state index in [0.717, 1.165) is 50.9 Å². The number of nitrogens with one attached hydrogen (secondary N) is 2. The number of benzene rings is 1. The van der Waals surface area contributed by atoms with Crippen LogP contribution in [0.5, 0.6) is 11.5 Å². The van der Waals surface area contributed by atoms with Gasteiger partial charge in [-0.15, -0.1) is 24.0 Å². The second kappa shape index (κ2) is 11.6. The smallest absolute Gasteiger partial charge is 0.191 e. The van der Waals surface area contributed by atoms with Gasteiger partial charge in [-0.25, -0.2) is 4.99 Å². The number of aromatic hydroxyl groups is 1. The lowest BCUT2D eigenvalue weighted by atomic mass is 10.0. The van der Waals surface area contributed by atoms with Crippen molar-refractivity contribution in [2.45, 2.75) is 32.9 Å². The van der Waals surface area contributed by atoms with E-state index in [0.29, 0.717) is 12.3 Å². The summed E-state index contributed by atoms with van der Waals surface area (Å²) in [5, 5.41) is 16.6. The fraction of sp³-hybridized carbons (Fsp3) is 0.632. The van der Waals surface area contributed by atoms with Crippen LogP contribution >= 0.6 is 24.0 Å². The number of morpholine rings is 1. The molecule has 1 aromatic rings. The summed E-state index contributed by atoms with van der Waals surface area (Å²) in [6, 6.07) is 5.34. The number of aliphatic imine (C=N–C) groups is 1. The zero-order valence-electron chi connectivity index (χ0n) is 16.7. The Labute approximate surface area is 179 Å². The fourth-order valence-electron chi connectivity index (χ4n) is 2.93. The second-order valence-electron chi connectivity index (χ2n) is 6.97. The van der Waals surface area contributed by atoms with Gasteiger partial charge < -0.3 is 25.2 Å². The average molecular weight is 492 g/mol. The maximum absolute atomic E-state index is 9.89. The molecule has 1 aromatic carbocycles. The minimum atomic E-state index is 0. The molecule has 154 valence electrons. The monoisotopic (exact) mass is 492 g/mol. The van der Waals surface area contributed by atoms with E-state index in [2.05, 4.69) is 34.4 Å². The molecule has 7 nitrogen and oxygen atoms in total. The number of nitrogens with zero attached hydrogens (tertiary/aromatic N) is 2. The van der Waals surface area contributed by atoms with E-state index in [1.165, 1.54) is 7.11 Å². The van der Waals surface area contributed by atoms with Gasteiger partial charge in [-0.05, 0) is 38.5 Å². The first-order valence-electron chi connectivity index (χ1n) is 9.17. The van der Waals surface area contributed by atoms with Gasteiger partial charge in [-0.2, -0.15) is 0 Å². The van der Waals surface area contributed by atoms with Crippen LogP contribution in [0.2, 0.25) is 0 Å². The van der Waals surface area contributed by atoms with Gasteiger partial charge in [0.05, 0.1) is 26.9 Å². The number of hydrogen-bond acceptors (Lipinski definition) is 5. The van der Waals surface area contributed by atoms with Gasteiger partial charge in [0.1, 0.15) is 0 Å². The second-order valence-corrected chi connectivity index (χ2v) is 6.97. The highest BCUT2D eigenvalue weighted by atomic mass is 127. The molecule has 0 amide bonds. The molecular formula is C19H33IN4O3. The molecule has 1 aliphatic rings. The van der Waals surface area contributed by atoms with E-state index in [9.17, 15) is 5.11 Å². The van der Waals surface area contributed by atoms with E-state index in [1.54, 1.807) is 12.1 Å². The summed E-state index contributed by atoms with van der Waals surface area (Å²) in [6.07, 6.45) is 0. The highest BCUT2D eigenvalue weighted by molar-refractivity contribution is 14.0. The lowest BCUT2D eigenvalue weighted by Crippen LogP contribution is -2.56. The summed E-state index contributed by atoms with van der Waals surface area (Å²) in [5.41, 5.74) is 0.936.